The van der Waals surface area contributed by atoms with E-state index in [9.17, 15) is 4.39 Å². The van der Waals surface area contributed by atoms with E-state index < -0.39 is 0 Å². The number of halogens is 1. The van der Waals surface area contributed by atoms with E-state index in [0.29, 0.717) is 17.2 Å². The highest BCUT2D eigenvalue weighted by atomic mass is 19.1. The number of hydrogen-bond donors (Lipinski definition) is 0. The predicted molar refractivity (Wildman–Crippen MR) is 109 cm³/mol. The quantitative estimate of drug-likeness (QED) is 0.521. The smallest absolute Gasteiger partial charge is 0.131 e. The number of ether oxygens (including phenoxy) is 2. The van der Waals surface area contributed by atoms with Gasteiger partial charge in [-0.3, -0.25) is 0 Å². The van der Waals surface area contributed by atoms with E-state index in [1.807, 2.05) is 6.07 Å². The van der Waals surface area contributed by atoms with E-state index in [1.54, 1.807) is 19.2 Å². The number of benzene rings is 2. The molecule has 0 amide bonds. The second-order valence-electron chi connectivity index (χ2n) is 8.01. The molecule has 2 aromatic carbocycles. The van der Waals surface area contributed by atoms with Gasteiger partial charge >= 0.3 is 0 Å². The van der Waals surface area contributed by atoms with Crippen molar-refractivity contribution < 1.29 is 13.9 Å². The van der Waals surface area contributed by atoms with Crippen LogP contribution in [0, 0.1) is 11.7 Å². The van der Waals surface area contributed by atoms with Crippen LogP contribution in [0.25, 0.3) is 11.1 Å². The molecule has 1 aliphatic rings. The summed E-state index contributed by atoms with van der Waals surface area (Å²) in [6, 6.07) is 11.1. The van der Waals surface area contributed by atoms with Crippen LogP contribution in [0.5, 0.6) is 11.5 Å². The van der Waals surface area contributed by atoms with Crippen LogP contribution in [0.4, 0.5) is 4.39 Å². The van der Waals surface area contributed by atoms with Crippen molar-refractivity contribution in [2.45, 2.75) is 64.9 Å². The van der Waals surface area contributed by atoms with Gasteiger partial charge < -0.3 is 9.47 Å². The summed E-state index contributed by atoms with van der Waals surface area (Å²) < 4.78 is 26.4. The van der Waals surface area contributed by atoms with Crippen LogP contribution in [-0.2, 0) is 6.42 Å². The average Bonchev–Trinajstić information content (AvgIpc) is 2.91. The Bertz CT molecular complexity index is 746. The van der Waals surface area contributed by atoms with Crippen molar-refractivity contribution >= 4 is 0 Å². The Morgan fingerprint density at radius 1 is 0.963 bits per heavy atom. The van der Waals surface area contributed by atoms with Gasteiger partial charge in [-0.1, -0.05) is 38.8 Å². The molecule has 146 valence electrons. The van der Waals surface area contributed by atoms with Gasteiger partial charge in [0.05, 0.1) is 13.2 Å². The van der Waals surface area contributed by atoms with E-state index in [0.717, 1.165) is 30.6 Å². The van der Waals surface area contributed by atoms with Gasteiger partial charge in [0.2, 0.25) is 0 Å². The second-order valence-corrected chi connectivity index (χ2v) is 8.01. The molecule has 0 spiro atoms. The highest BCUT2D eigenvalue weighted by molar-refractivity contribution is 5.72. The highest BCUT2D eigenvalue weighted by Crippen LogP contribution is 2.37. The minimum atomic E-state index is -0.252. The maximum Gasteiger partial charge on any atom is 0.131 e. The molecule has 27 heavy (non-hydrogen) atoms. The zero-order chi connectivity index (χ0) is 19.2. The van der Waals surface area contributed by atoms with Gasteiger partial charge in [-0.2, -0.15) is 0 Å². The van der Waals surface area contributed by atoms with Gasteiger partial charge in [-0.25, -0.2) is 4.39 Å². The molecule has 0 aliphatic heterocycles. The summed E-state index contributed by atoms with van der Waals surface area (Å²) in [5, 5.41) is 0. The zero-order valence-electron chi connectivity index (χ0n) is 16.8. The van der Waals surface area contributed by atoms with Crippen LogP contribution in [0.2, 0.25) is 0 Å². The molecule has 0 radical (unpaired) electrons. The number of rotatable bonds is 6. The third-order valence-corrected chi connectivity index (χ3v) is 5.25. The molecule has 1 fully saturated rings. The van der Waals surface area contributed by atoms with Gasteiger partial charge in [-0.15, -0.1) is 0 Å². The molecule has 1 saturated carbocycles. The Labute approximate surface area is 162 Å². The Kier molecular flexibility index (Phi) is 6.76. The fraction of sp³-hybridized carbons (Fsp3) is 0.500. The van der Waals surface area contributed by atoms with Crippen LogP contribution < -0.4 is 9.47 Å². The van der Waals surface area contributed by atoms with Crippen molar-refractivity contribution in [1.82, 2.24) is 0 Å². The summed E-state index contributed by atoms with van der Waals surface area (Å²) in [6.45, 7) is 4.42. The van der Waals surface area contributed by atoms with Crippen molar-refractivity contribution in [3.63, 3.8) is 0 Å². The first-order valence-electron chi connectivity index (χ1n) is 10.2. The molecule has 0 atom stereocenters. The van der Waals surface area contributed by atoms with Gasteiger partial charge in [0.1, 0.15) is 17.3 Å². The topological polar surface area (TPSA) is 18.5 Å². The monoisotopic (exact) mass is 370 g/mol. The van der Waals surface area contributed by atoms with E-state index in [1.165, 1.54) is 37.3 Å². The molecular formula is C24H31FO2. The molecule has 2 aromatic rings. The van der Waals surface area contributed by atoms with Crippen molar-refractivity contribution in [2.75, 3.05) is 7.11 Å². The number of methoxy groups -OCH3 is 1. The molecule has 1 aliphatic carbocycles. The van der Waals surface area contributed by atoms with E-state index in [-0.39, 0.29) is 11.9 Å². The first kappa shape index (κ1) is 19.7. The number of hydrogen-bond acceptors (Lipinski definition) is 2. The molecule has 2 nitrogen and oxygen atoms in total. The van der Waals surface area contributed by atoms with E-state index in [2.05, 4.69) is 26.0 Å². The SMILES string of the molecule is COc1ccc(F)c(-c2ccc(CC(C)C)cc2OC2CCCCCC2)c1. The second kappa shape index (κ2) is 9.25. The van der Waals surface area contributed by atoms with E-state index in [4.69, 9.17) is 9.47 Å². The van der Waals surface area contributed by atoms with Crippen molar-refractivity contribution in [3.05, 3.63) is 47.8 Å². The van der Waals surface area contributed by atoms with Crippen molar-refractivity contribution in [1.29, 1.82) is 0 Å². The highest BCUT2D eigenvalue weighted by Gasteiger charge is 2.19. The third-order valence-electron chi connectivity index (χ3n) is 5.25. The summed E-state index contributed by atoms with van der Waals surface area (Å²) in [4.78, 5) is 0. The molecule has 0 saturated heterocycles. The molecule has 0 heterocycles. The van der Waals surface area contributed by atoms with Crippen LogP contribution in [0.3, 0.4) is 0 Å². The van der Waals surface area contributed by atoms with Crippen molar-refractivity contribution in [3.8, 4) is 22.6 Å². The zero-order valence-corrected chi connectivity index (χ0v) is 16.8. The Morgan fingerprint density at radius 2 is 1.70 bits per heavy atom. The van der Waals surface area contributed by atoms with E-state index >= 15 is 0 Å². The molecular weight excluding hydrogens is 339 g/mol. The lowest BCUT2D eigenvalue weighted by molar-refractivity contribution is 0.184. The van der Waals surface area contributed by atoms with Gasteiger partial charge in [0.15, 0.2) is 0 Å². The maximum atomic E-state index is 14.6. The minimum Gasteiger partial charge on any atom is -0.497 e. The summed E-state index contributed by atoms with van der Waals surface area (Å²) in [7, 11) is 1.60. The molecule has 0 N–H and O–H groups in total. The standard InChI is InChI=1S/C24H31FO2/c1-17(2)14-18-10-12-21(22-16-20(26-3)11-13-23(22)25)24(15-18)27-19-8-6-4-5-7-9-19/h10-13,15-17,19H,4-9,14H2,1-3H3. The third kappa shape index (κ3) is 5.24. The van der Waals surface area contributed by atoms with Crippen molar-refractivity contribution in [2.24, 2.45) is 5.92 Å². The fourth-order valence-electron chi connectivity index (χ4n) is 3.86. The van der Waals surface area contributed by atoms with Crippen LogP contribution >= 0.6 is 0 Å². The first-order chi connectivity index (χ1) is 13.1. The maximum absolute atomic E-state index is 14.6. The minimum absolute atomic E-state index is 0.217. The van der Waals surface area contributed by atoms with Crippen LogP contribution in [0.1, 0.15) is 57.9 Å². The largest absolute Gasteiger partial charge is 0.497 e. The van der Waals surface area contributed by atoms with Gasteiger partial charge in [-0.05, 0) is 67.9 Å². The molecule has 0 unspecified atom stereocenters. The summed E-state index contributed by atoms with van der Waals surface area (Å²) in [6.07, 6.45) is 8.34. The molecule has 0 bridgehead atoms. The fourth-order valence-corrected chi connectivity index (χ4v) is 3.86. The Morgan fingerprint density at radius 3 is 2.37 bits per heavy atom. The lowest BCUT2D eigenvalue weighted by Gasteiger charge is -2.21. The normalized spacial score (nSPS) is 15.6. The predicted octanol–water partition coefficient (Wildman–Crippen LogP) is 6.80. The lowest BCUT2D eigenvalue weighted by Crippen LogP contribution is -2.16. The summed E-state index contributed by atoms with van der Waals surface area (Å²) in [5.74, 6) is 1.76. The first-order valence-corrected chi connectivity index (χ1v) is 10.2. The Balaban J connectivity index is 1.98. The summed E-state index contributed by atoms with van der Waals surface area (Å²) in [5.41, 5.74) is 2.58. The van der Waals surface area contributed by atoms with Crippen LogP contribution in [0.15, 0.2) is 36.4 Å². The van der Waals surface area contributed by atoms with Crippen LogP contribution in [-0.4, -0.2) is 13.2 Å². The van der Waals surface area contributed by atoms with Gasteiger partial charge in [0, 0.05) is 11.1 Å². The molecule has 0 aromatic heterocycles. The Hall–Kier alpha value is -2.03. The molecule has 3 rings (SSSR count). The molecule has 3 heteroatoms. The summed E-state index contributed by atoms with van der Waals surface area (Å²) >= 11 is 0. The average molecular weight is 371 g/mol. The van der Waals surface area contributed by atoms with Gasteiger partial charge in [0.25, 0.3) is 0 Å². The lowest BCUT2D eigenvalue weighted by atomic mass is 9.97.